The molecule has 1 saturated carbocycles. The monoisotopic (exact) mass is 404 g/mol. The summed E-state index contributed by atoms with van der Waals surface area (Å²) in [5, 5.41) is 0. The van der Waals surface area contributed by atoms with Crippen molar-refractivity contribution in [2.24, 2.45) is 0 Å². The highest BCUT2D eigenvalue weighted by Crippen LogP contribution is 2.32. The first kappa shape index (κ1) is 20.2. The van der Waals surface area contributed by atoms with Crippen LogP contribution in [0.4, 0.5) is 0 Å². The van der Waals surface area contributed by atoms with E-state index < -0.39 is 10.0 Å². The third-order valence-corrected chi connectivity index (χ3v) is 6.16. The van der Waals surface area contributed by atoms with Gasteiger partial charge in [-0.15, -0.1) is 0 Å². The van der Waals surface area contributed by atoms with Gasteiger partial charge in [0, 0.05) is 18.2 Å². The lowest BCUT2D eigenvalue weighted by atomic mass is 10.1. The number of amides is 1. The van der Waals surface area contributed by atoms with E-state index in [1.807, 2.05) is 24.3 Å². The van der Waals surface area contributed by atoms with Crippen LogP contribution in [0, 0.1) is 0 Å². The molecule has 0 heterocycles. The molecule has 2 aromatic rings. The number of nitrogens with one attached hydrogen (secondary N) is 1. The van der Waals surface area contributed by atoms with Gasteiger partial charge in [-0.05, 0) is 55.8 Å². The van der Waals surface area contributed by atoms with Gasteiger partial charge in [-0.1, -0.05) is 12.1 Å². The number of benzene rings is 2. The quantitative estimate of drug-likeness (QED) is 0.730. The molecule has 0 atom stereocenters. The normalized spacial score (nSPS) is 13.8. The molecule has 7 nitrogen and oxygen atoms in total. The van der Waals surface area contributed by atoms with Crippen molar-refractivity contribution in [3.8, 4) is 11.5 Å². The predicted molar refractivity (Wildman–Crippen MR) is 105 cm³/mol. The van der Waals surface area contributed by atoms with E-state index in [4.69, 9.17) is 9.47 Å². The Bertz CT molecular complexity index is 953. The van der Waals surface area contributed by atoms with Gasteiger partial charge in [0.25, 0.3) is 5.91 Å². The van der Waals surface area contributed by atoms with E-state index in [2.05, 4.69) is 4.72 Å². The van der Waals surface area contributed by atoms with Gasteiger partial charge in [0.05, 0.1) is 14.2 Å². The minimum Gasteiger partial charge on any atom is -0.497 e. The molecule has 3 rings (SSSR count). The molecule has 0 aromatic heterocycles. The third-order valence-electron chi connectivity index (χ3n) is 4.73. The summed E-state index contributed by atoms with van der Waals surface area (Å²) >= 11 is 0. The van der Waals surface area contributed by atoms with E-state index in [1.54, 1.807) is 18.1 Å². The maximum atomic E-state index is 13.2. The molecule has 1 aliphatic rings. The SMILES string of the molecule is CNS(=O)(=O)c1cc(C(=O)N(Cc2ccc(OC)cc2)C2CC2)ccc1OC. The second-order valence-corrected chi connectivity index (χ2v) is 8.44. The third kappa shape index (κ3) is 4.28. The van der Waals surface area contributed by atoms with Crippen molar-refractivity contribution in [1.29, 1.82) is 0 Å². The number of methoxy groups -OCH3 is 2. The molecule has 1 N–H and O–H groups in total. The first-order valence-corrected chi connectivity index (χ1v) is 10.4. The van der Waals surface area contributed by atoms with E-state index in [0.29, 0.717) is 12.1 Å². The zero-order valence-electron chi connectivity index (χ0n) is 16.1. The molecule has 0 aliphatic heterocycles. The summed E-state index contributed by atoms with van der Waals surface area (Å²) < 4.78 is 37.2. The van der Waals surface area contributed by atoms with Gasteiger partial charge >= 0.3 is 0 Å². The molecule has 2 aromatic carbocycles. The van der Waals surface area contributed by atoms with E-state index in [0.717, 1.165) is 24.2 Å². The summed E-state index contributed by atoms with van der Waals surface area (Å²) in [6.07, 6.45) is 1.89. The minimum atomic E-state index is -3.75. The van der Waals surface area contributed by atoms with Crippen molar-refractivity contribution in [3.63, 3.8) is 0 Å². The van der Waals surface area contributed by atoms with E-state index in [9.17, 15) is 13.2 Å². The minimum absolute atomic E-state index is 0.0523. The summed E-state index contributed by atoms with van der Waals surface area (Å²) in [5.74, 6) is 0.748. The Balaban J connectivity index is 1.90. The lowest BCUT2D eigenvalue weighted by Gasteiger charge is -2.23. The number of carbonyl (C=O) groups is 1. The topological polar surface area (TPSA) is 84.9 Å². The summed E-state index contributed by atoms with van der Waals surface area (Å²) in [6, 6.07) is 12.2. The zero-order chi connectivity index (χ0) is 20.3. The van der Waals surface area contributed by atoms with Gasteiger partial charge in [0.1, 0.15) is 16.4 Å². The van der Waals surface area contributed by atoms with Gasteiger partial charge in [0.2, 0.25) is 10.0 Å². The number of ether oxygens (including phenoxy) is 2. The molecule has 0 unspecified atom stereocenters. The fourth-order valence-corrected chi connectivity index (χ4v) is 3.89. The fourth-order valence-electron chi connectivity index (χ4n) is 2.98. The molecule has 0 radical (unpaired) electrons. The van der Waals surface area contributed by atoms with Crippen LogP contribution < -0.4 is 14.2 Å². The molecule has 0 saturated heterocycles. The summed E-state index contributed by atoms with van der Waals surface area (Å²) in [5.41, 5.74) is 1.30. The van der Waals surface area contributed by atoms with Gasteiger partial charge < -0.3 is 14.4 Å². The summed E-state index contributed by atoms with van der Waals surface area (Å²) in [6.45, 7) is 0.452. The second kappa shape index (κ2) is 8.20. The average molecular weight is 404 g/mol. The summed E-state index contributed by atoms with van der Waals surface area (Å²) in [7, 11) is 0.571. The lowest BCUT2D eigenvalue weighted by Crippen LogP contribution is -2.32. The Labute approximate surface area is 165 Å². The van der Waals surface area contributed by atoms with Crippen LogP contribution in [-0.4, -0.2) is 46.5 Å². The molecular weight excluding hydrogens is 380 g/mol. The van der Waals surface area contributed by atoms with Crippen molar-refractivity contribution >= 4 is 15.9 Å². The largest absolute Gasteiger partial charge is 0.497 e. The number of rotatable bonds is 8. The molecule has 1 amide bonds. The molecular formula is C20H24N2O5S. The highest BCUT2D eigenvalue weighted by Gasteiger charge is 2.33. The standard InChI is InChI=1S/C20H24N2O5S/c1-21-28(24,25)19-12-15(6-11-18(19)27-3)20(23)22(16-7-8-16)13-14-4-9-17(26-2)10-5-14/h4-6,9-12,16,21H,7-8,13H2,1-3H3. The van der Waals surface area contributed by atoms with Gasteiger partial charge in [-0.3, -0.25) is 4.79 Å². The van der Waals surface area contributed by atoms with Crippen LogP contribution in [0.5, 0.6) is 11.5 Å². The predicted octanol–water partition coefficient (Wildman–Crippen LogP) is 2.42. The van der Waals surface area contributed by atoms with Crippen LogP contribution in [0.3, 0.4) is 0 Å². The number of hydrogen-bond donors (Lipinski definition) is 1. The molecule has 0 spiro atoms. The van der Waals surface area contributed by atoms with E-state index >= 15 is 0 Å². The highest BCUT2D eigenvalue weighted by molar-refractivity contribution is 7.89. The lowest BCUT2D eigenvalue weighted by molar-refractivity contribution is 0.0729. The molecule has 1 aliphatic carbocycles. The van der Waals surface area contributed by atoms with Crippen molar-refractivity contribution in [1.82, 2.24) is 9.62 Å². The molecule has 8 heteroatoms. The Hall–Kier alpha value is -2.58. The van der Waals surface area contributed by atoms with E-state index in [1.165, 1.54) is 26.3 Å². The highest BCUT2D eigenvalue weighted by atomic mass is 32.2. The fraction of sp³-hybridized carbons (Fsp3) is 0.350. The van der Waals surface area contributed by atoms with Crippen LogP contribution in [0.15, 0.2) is 47.4 Å². The first-order valence-electron chi connectivity index (χ1n) is 8.95. The maximum Gasteiger partial charge on any atom is 0.254 e. The average Bonchev–Trinajstić information content (AvgIpc) is 3.56. The van der Waals surface area contributed by atoms with Crippen molar-refractivity contribution < 1.29 is 22.7 Å². The smallest absolute Gasteiger partial charge is 0.254 e. The van der Waals surface area contributed by atoms with Crippen molar-refractivity contribution in [2.75, 3.05) is 21.3 Å². The van der Waals surface area contributed by atoms with Crippen molar-refractivity contribution in [2.45, 2.75) is 30.3 Å². The number of sulfonamides is 1. The Morgan fingerprint density at radius 3 is 2.32 bits per heavy atom. The van der Waals surface area contributed by atoms with E-state index in [-0.39, 0.29) is 22.6 Å². The van der Waals surface area contributed by atoms with Gasteiger partial charge in [-0.2, -0.15) is 0 Å². The Morgan fingerprint density at radius 2 is 1.79 bits per heavy atom. The van der Waals surface area contributed by atoms with Crippen LogP contribution in [0.25, 0.3) is 0 Å². The van der Waals surface area contributed by atoms with Crippen LogP contribution in [0.2, 0.25) is 0 Å². The van der Waals surface area contributed by atoms with Crippen LogP contribution >= 0.6 is 0 Å². The Morgan fingerprint density at radius 1 is 1.11 bits per heavy atom. The number of carbonyl (C=O) groups excluding carboxylic acids is 1. The molecule has 150 valence electrons. The van der Waals surface area contributed by atoms with Gasteiger partial charge in [-0.25, -0.2) is 13.1 Å². The van der Waals surface area contributed by atoms with Crippen LogP contribution in [0.1, 0.15) is 28.8 Å². The molecule has 1 fully saturated rings. The number of nitrogens with zero attached hydrogens (tertiary/aromatic N) is 1. The Kier molecular flexibility index (Phi) is 5.90. The summed E-state index contributed by atoms with van der Waals surface area (Å²) in [4.78, 5) is 14.9. The van der Waals surface area contributed by atoms with Gasteiger partial charge in [0.15, 0.2) is 0 Å². The first-order chi connectivity index (χ1) is 13.4. The van der Waals surface area contributed by atoms with Crippen molar-refractivity contribution in [3.05, 3.63) is 53.6 Å². The molecule has 0 bridgehead atoms. The molecule has 28 heavy (non-hydrogen) atoms. The number of hydrogen-bond acceptors (Lipinski definition) is 5. The second-order valence-electron chi connectivity index (χ2n) is 6.59. The maximum absolute atomic E-state index is 13.2. The zero-order valence-corrected chi connectivity index (χ0v) is 17.0. The van der Waals surface area contributed by atoms with Crippen LogP contribution in [-0.2, 0) is 16.6 Å².